The van der Waals surface area contributed by atoms with Crippen molar-refractivity contribution in [3.63, 3.8) is 0 Å². The first kappa shape index (κ1) is 39.2. The lowest BCUT2D eigenvalue weighted by Crippen LogP contribution is -2.43. The van der Waals surface area contributed by atoms with Crippen LogP contribution in [-0.2, 0) is 31.0 Å². The van der Waals surface area contributed by atoms with Crippen LogP contribution in [0.5, 0.6) is 0 Å². The van der Waals surface area contributed by atoms with Crippen molar-refractivity contribution in [1.82, 2.24) is 14.8 Å². The molecule has 16 heteroatoms. The predicted octanol–water partition coefficient (Wildman–Crippen LogP) is 6.87. The highest BCUT2D eigenvalue weighted by Gasteiger charge is 2.40. The molecule has 4 aromatic carbocycles. The Labute approximate surface area is 309 Å². The first-order valence-electron chi connectivity index (χ1n) is 17.2. The Morgan fingerprint density at radius 3 is 2.18 bits per heavy atom. The Balaban J connectivity index is 1.38. The van der Waals surface area contributed by atoms with Crippen LogP contribution in [0, 0.1) is 5.82 Å². The van der Waals surface area contributed by atoms with Crippen LogP contribution in [0.3, 0.4) is 0 Å². The van der Waals surface area contributed by atoms with Gasteiger partial charge >= 0.3 is 18.3 Å². The molecule has 1 amide bonds. The molecule has 1 fully saturated rings. The lowest BCUT2D eigenvalue weighted by Gasteiger charge is -2.24. The van der Waals surface area contributed by atoms with Gasteiger partial charge in [0, 0.05) is 31.1 Å². The van der Waals surface area contributed by atoms with E-state index < -0.39 is 77.4 Å². The Morgan fingerprint density at radius 2 is 1.53 bits per heavy atom. The van der Waals surface area contributed by atoms with Gasteiger partial charge in [0.2, 0.25) is 0 Å². The number of carbonyl (C=O) groups excluding carboxylic acids is 1. The first-order chi connectivity index (χ1) is 26.0. The minimum absolute atomic E-state index is 0.0165. The SMILES string of the molecule is Cn1c(=O)c(-c2cccc3c(C[C@H](NC(=O)c4c(F)cc(N[C@H](CO)C(F)(F)F)cc4CN4CCCC4)C(=O)O)cccc23)c(C(F)(F)F)c2ccccc21. The van der Waals surface area contributed by atoms with Gasteiger partial charge in [0.1, 0.15) is 17.9 Å². The second-order valence-corrected chi connectivity index (χ2v) is 13.4. The summed E-state index contributed by atoms with van der Waals surface area (Å²) in [6, 6.07) is 12.1. The second-order valence-electron chi connectivity index (χ2n) is 13.4. The maximum atomic E-state index is 15.7. The first-order valence-corrected chi connectivity index (χ1v) is 17.2. The number of carbonyl (C=O) groups is 2. The Bertz CT molecular complexity index is 2340. The smallest absolute Gasteiger partial charge is 0.417 e. The maximum Gasteiger partial charge on any atom is 0.417 e. The van der Waals surface area contributed by atoms with E-state index in [1.807, 2.05) is 4.90 Å². The van der Waals surface area contributed by atoms with E-state index in [1.165, 1.54) is 67.7 Å². The van der Waals surface area contributed by atoms with Crippen molar-refractivity contribution in [2.24, 2.45) is 7.05 Å². The minimum atomic E-state index is -4.93. The van der Waals surface area contributed by atoms with Crippen LogP contribution in [0.25, 0.3) is 32.8 Å². The molecular formula is C39H35F7N4O5. The number of aryl methyl sites for hydroxylation is 1. The topological polar surface area (TPSA) is 124 Å². The summed E-state index contributed by atoms with van der Waals surface area (Å²) in [5.74, 6) is -3.91. The third kappa shape index (κ3) is 8.01. The molecular weight excluding hydrogens is 737 g/mol. The van der Waals surface area contributed by atoms with E-state index in [0.717, 1.165) is 23.5 Å². The van der Waals surface area contributed by atoms with Gasteiger partial charge in [-0.25, -0.2) is 9.18 Å². The van der Waals surface area contributed by atoms with E-state index in [-0.39, 0.29) is 45.2 Å². The van der Waals surface area contributed by atoms with E-state index in [1.54, 1.807) is 0 Å². The zero-order valence-electron chi connectivity index (χ0n) is 29.2. The van der Waals surface area contributed by atoms with Crippen LogP contribution in [0.2, 0.25) is 0 Å². The Morgan fingerprint density at radius 1 is 0.873 bits per heavy atom. The number of aliphatic hydroxyl groups excluding tert-OH is 1. The van der Waals surface area contributed by atoms with Crippen LogP contribution in [-0.4, -0.2) is 69.5 Å². The number of hydrogen-bond acceptors (Lipinski definition) is 6. The summed E-state index contributed by atoms with van der Waals surface area (Å²) < 4.78 is 101. The zero-order valence-corrected chi connectivity index (χ0v) is 29.2. The highest BCUT2D eigenvalue weighted by molar-refractivity contribution is 6.02. The number of hydrogen-bond donors (Lipinski definition) is 4. The summed E-state index contributed by atoms with van der Waals surface area (Å²) >= 11 is 0. The number of carboxylic acids is 1. The zero-order chi connectivity index (χ0) is 39.8. The number of aliphatic carboxylic acids is 1. The molecule has 2 heterocycles. The van der Waals surface area contributed by atoms with Gasteiger partial charge in [0.15, 0.2) is 0 Å². The lowest BCUT2D eigenvalue weighted by molar-refractivity contribution is -0.149. The highest BCUT2D eigenvalue weighted by atomic mass is 19.4. The van der Waals surface area contributed by atoms with Crippen LogP contribution in [0.4, 0.5) is 36.4 Å². The summed E-state index contributed by atoms with van der Waals surface area (Å²) in [7, 11) is 1.36. The minimum Gasteiger partial charge on any atom is -0.480 e. The van der Waals surface area contributed by atoms with Crippen molar-refractivity contribution in [3.8, 4) is 11.1 Å². The molecule has 6 rings (SSSR count). The number of rotatable bonds is 11. The molecule has 290 valence electrons. The number of benzene rings is 4. The summed E-state index contributed by atoms with van der Waals surface area (Å²) in [4.78, 5) is 41.8. The molecule has 5 aromatic rings. The number of aliphatic hydroxyl groups is 1. The van der Waals surface area contributed by atoms with Crippen molar-refractivity contribution in [2.75, 3.05) is 25.0 Å². The van der Waals surface area contributed by atoms with Gasteiger partial charge in [-0.05, 0) is 71.6 Å². The molecule has 0 spiro atoms. The number of anilines is 1. The van der Waals surface area contributed by atoms with E-state index in [2.05, 4.69) is 10.6 Å². The quantitative estimate of drug-likeness (QED) is 0.108. The molecule has 1 aliphatic rings. The van der Waals surface area contributed by atoms with Crippen molar-refractivity contribution in [3.05, 3.63) is 111 Å². The monoisotopic (exact) mass is 772 g/mol. The van der Waals surface area contributed by atoms with Crippen LogP contribution in [0.15, 0.2) is 77.6 Å². The normalized spacial score (nSPS) is 15.0. The number of carboxylic acid groups (broad SMARTS) is 1. The molecule has 0 saturated carbocycles. The Kier molecular flexibility index (Phi) is 10.9. The van der Waals surface area contributed by atoms with Gasteiger partial charge in [0.05, 0.1) is 28.8 Å². The summed E-state index contributed by atoms with van der Waals surface area (Å²) in [5, 5.41) is 24.2. The van der Waals surface area contributed by atoms with Gasteiger partial charge in [-0.15, -0.1) is 0 Å². The average Bonchev–Trinajstić information content (AvgIpc) is 3.63. The van der Waals surface area contributed by atoms with Gasteiger partial charge in [-0.1, -0.05) is 54.6 Å². The van der Waals surface area contributed by atoms with Crippen LogP contribution in [0.1, 0.15) is 39.9 Å². The molecule has 1 saturated heterocycles. The molecule has 0 unspecified atom stereocenters. The maximum absolute atomic E-state index is 15.7. The lowest BCUT2D eigenvalue weighted by atomic mass is 9.90. The largest absolute Gasteiger partial charge is 0.480 e. The van der Waals surface area contributed by atoms with Gasteiger partial charge < -0.3 is 25.4 Å². The van der Waals surface area contributed by atoms with Crippen molar-refractivity contribution >= 4 is 39.2 Å². The second kappa shape index (κ2) is 15.3. The van der Waals surface area contributed by atoms with E-state index in [4.69, 9.17) is 0 Å². The fraction of sp³-hybridized carbons (Fsp3) is 0.308. The molecule has 1 aromatic heterocycles. The number of para-hydroxylation sites is 1. The molecule has 0 aliphatic carbocycles. The van der Waals surface area contributed by atoms with Crippen molar-refractivity contribution in [2.45, 2.75) is 50.2 Å². The highest BCUT2D eigenvalue weighted by Crippen LogP contribution is 2.42. The average molecular weight is 773 g/mol. The molecule has 0 bridgehead atoms. The Hall–Kier alpha value is -5.48. The number of halogens is 7. The van der Waals surface area contributed by atoms with Gasteiger partial charge in [0.25, 0.3) is 11.5 Å². The number of fused-ring (bicyclic) bond motifs is 2. The molecule has 0 radical (unpaired) electrons. The molecule has 9 nitrogen and oxygen atoms in total. The van der Waals surface area contributed by atoms with Crippen LogP contribution < -0.4 is 16.2 Å². The number of amides is 1. The summed E-state index contributed by atoms with van der Waals surface area (Å²) in [5.41, 5.74) is -3.28. The number of aromatic nitrogens is 1. The van der Waals surface area contributed by atoms with E-state index in [0.29, 0.717) is 24.5 Å². The molecule has 55 heavy (non-hydrogen) atoms. The number of nitrogens with zero attached hydrogens (tertiary/aromatic N) is 2. The van der Waals surface area contributed by atoms with Gasteiger partial charge in [-0.3, -0.25) is 14.5 Å². The number of pyridine rings is 1. The predicted molar refractivity (Wildman–Crippen MR) is 191 cm³/mol. The molecule has 1 aliphatic heterocycles. The molecule has 4 N–H and O–H groups in total. The number of likely N-dealkylation sites (tertiary alicyclic amines) is 1. The van der Waals surface area contributed by atoms with Crippen molar-refractivity contribution in [1.29, 1.82) is 0 Å². The fourth-order valence-electron chi connectivity index (χ4n) is 7.20. The van der Waals surface area contributed by atoms with Crippen LogP contribution >= 0.6 is 0 Å². The van der Waals surface area contributed by atoms with Gasteiger partial charge in [-0.2, -0.15) is 26.3 Å². The number of alkyl halides is 6. The van der Waals surface area contributed by atoms with Crippen molar-refractivity contribution < 1.29 is 50.5 Å². The third-order valence-electron chi connectivity index (χ3n) is 9.81. The molecule has 2 atom stereocenters. The summed E-state index contributed by atoms with van der Waals surface area (Å²) in [6.07, 6.45) is -8.64. The third-order valence-corrected chi connectivity index (χ3v) is 9.81. The summed E-state index contributed by atoms with van der Waals surface area (Å²) in [6.45, 7) is -0.242. The van der Waals surface area contributed by atoms with E-state index >= 15 is 4.39 Å². The standard InChI is InChI=1S/C39H35F7N4O5/c1-49-30-13-3-2-9-27(30)34(39(44,45)46)33(36(49)53)26-12-7-10-24-21(8-6-11-25(24)26)17-29(37(54)55)48-35(52)32-22(19-50-14-4-5-15-50)16-23(18-28(32)40)47-31(20-51)38(41,42)43/h2-3,6-13,16,18,29,31,47,51H,4-5,14-15,17,19-20H2,1H3,(H,48,52)(H,54,55)/t29-,31+/m0/s1. The fourth-order valence-corrected chi connectivity index (χ4v) is 7.20. The number of nitrogens with one attached hydrogen (secondary N) is 2. The van der Waals surface area contributed by atoms with E-state index in [9.17, 15) is 50.9 Å².